The average Bonchev–Trinajstić information content (AvgIpc) is 2.99. The lowest BCUT2D eigenvalue weighted by Crippen LogP contribution is -2.25. The summed E-state index contributed by atoms with van der Waals surface area (Å²) in [7, 11) is 0. The van der Waals surface area contributed by atoms with E-state index in [2.05, 4.69) is 62.3 Å². The Bertz CT molecular complexity index is 503. The van der Waals surface area contributed by atoms with Crippen molar-refractivity contribution in [2.45, 2.75) is 31.1 Å². The van der Waals surface area contributed by atoms with E-state index in [4.69, 9.17) is 0 Å². The second kappa shape index (κ2) is 4.65. The molecule has 2 nitrogen and oxygen atoms in total. The number of hydrogen-bond acceptors (Lipinski definition) is 3. The minimum Gasteiger partial charge on any atom is -0.212 e. The van der Waals surface area contributed by atoms with Crippen LogP contribution in [0, 0.1) is 3.01 Å². The fraction of sp³-hybridized carbons (Fsp3) is 0.385. The summed E-state index contributed by atoms with van der Waals surface area (Å²) in [6.07, 6.45) is 4.93. The van der Waals surface area contributed by atoms with E-state index in [0.717, 1.165) is 8.84 Å². The molecule has 2 aromatic rings. The molecule has 0 saturated heterocycles. The molecule has 0 N–H and O–H groups in total. The SMILES string of the molecule is Ic1nc(C2(c3ccccc3)CCCC2)ns1. The Balaban J connectivity index is 2.11. The largest absolute Gasteiger partial charge is 0.212 e. The Morgan fingerprint density at radius 2 is 1.82 bits per heavy atom. The first-order valence-corrected chi connectivity index (χ1v) is 7.72. The van der Waals surface area contributed by atoms with Crippen LogP contribution in [0.5, 0.6) is 0 Å². The van der Waals surface area contributed by atoms with Gasteiger partial charge in [0.05, 0.1) is 5.41 Å². The topological polar surface area (TPSA) is 25.8 Å². The molecule has 1 heterocycles. The van der Waals surface area contributed by atoms with Crippen LogP contribution in [0.1, 0.15) is 37.1 Å². The molecule has 0 bridgehead atoms. The van der Waals surface area contributed by atoms with Crippen LogP contribution in [0.4, 0.5) is 0 Å². The highest BCUT2D eigenvalue weighted by Gasteiger charge is 2.40. The summed E-state index contributed by atoms with van der Waals surface area (Å²) in [5.41, 5.74) is 1.47. The monoisotopic (exact) mass is 356 g/mol. The van der Waals surface area contributed by atoms with Crippen LogP contribution in [0.2, 0.25) is 0 Å². The number of benzene rings is 1. The van der Waals surface area contributed by atoms with E-state index in [1.165, 1.54) is 42.8 Å². The predicted molar refractivity (Wildman–Crippen MR) is 78.3 cm³/mol. The first kappa shape index (κ1) is 11.6. The van der Waals surface area contributed by atoms with E-state index in [0.29, 0.717) is 0 Å². The minimum atomic E-state index is 0.0845. The van der Waals surface area contributed by atoms with Crippen LogP contribution >= 0.6 is 34.1 Å². The quantitative estimate of drug-likeness (QED) is 0.760. The maximum Gasteiger partial charge on any atom is 0.174 e. The molecule has 3 rings (SSSR count). The van der Waals surface area contributed by atoms with Crippen molar-refractivity contribution >= 4 is 34.1 Å². The molecule has 1 aromatic heterocycles. The summed E-state index contributed by atoms with van der Waals surface area (Å²) in [5.74, 6) is 1.04. The molecule has 1 fully saturated rings. The van der Waals surface area contributed by atoms with E-state index < -0.39 is 0 Å². The maximum atomic E-state index is 4.64. The van der Waals surface area contributed by atoms with Crippen LogP contribution in [0.25, 0.3) is 0 Å². The molecule has 4 heteroatoms. The molecule has 0 radical (unpaired) electrons. The number of hydrogen-bond donors (Lipinski definition) is 0. The summed E-state index contributed by atoms with van der Waals surface area (Å²) >= 11 is 3.77. The fourth-order valence-corrected chi connectivity index (χ4v) is 3.81. The molecule has 1 aliphatic rings. The molecule has 0 spiro atoms. The molecule has 1 aromatic carbocycles. The van der Waals surface area contributed by atoms with E-state index in [-0.39, 0.29) is 5.41 Å². The molecule has 0 unspecified atom stereocenters. The van der Waals surface area contributed by atoms with Crippen molar-refractivity contribution in [1.29, 1.82) is 0 Å². The van der Waals surface area contributed by atoms with Crippen molar-refractivity contribution in [2.24, 2.45) is 0 Å². The van der Waals surface area contributed by atoms with Crippen molar-refractivity contribution in [2.75, 3.05) is 0 Å². The second-order valence-corrected chi connectivity index (χ2v) is 7.03. The van der Waals surface area contributed by atoms with Crippen molar-refractivity contribution in [3.8, 4) is 0 Å². The Kier molecular flexibility index (Phi) is 3.17. The van der Waals surface area contributed by atoms with E-state index in [9.17, 15) is 0 Å². The van der Waals surface area contributed by atoms with Crippen LogP contribution in [-0.4, -0.2) is 9.36 Å². The molecule has 88 valence electrons. The van der Waals surface area contributed by atoms with Crippen LogP contribution in [0.3, 0.4) is 0 Å². The highest BCUT2D eigenvalue weighted by atomic mass is 127. The minimum absolute atomic E-state index is 0.0845. The van der Waals surface area contributed by atoms with Gasteiger partial charge in [0.2, 0.25) is 0 Å². The first-order valence-electron chi connectivity index (χ1n) is 5.86. The lowest BCUT2D eigenvalue weighted by atomic mass is 9.78. The maximum absolute atomic E-state index is 4.64. The van der Waals surface area contributed by atoms with Gasteiger partial charge in [-0.15, -0.1) is 0 Å². The van der Waals surface area contributed by atoms with Gasteiger partial charge < -0.3 is 0 Å². The van der Waals surface area contributed by atoms with Crippen molar-refractivity contribution < 1.29 is 0 Å². The number of aromatic nitrogens is 2. The molecular weight excluding hydrogens is 343 g/mol. The predicted octanol–water partition coefficient (Wildman–Crippen LogP) is 4.00. The summed E-state index contributed by atoms with van der Waals surface area (Å²) in [6.45, 7) is 0. The summed E-state index contributed by atoms with van der Waals surface area (Å²) < 4.78 is 5.61. The summed E-state index contributed by atoms with van der Waals surface area (Å²) in [5, 5.41) is 0. The lowest BCUT2D eigenvalue weighted by molar-refractivity contribution is 0.506. The average molecular weight is 356 g/mol. The van der Waals surface area contributed by atoms with Gasteiger partial charge in [0, 0.05) is 0 Å². The van der Waals surface area contributed by atoms with Crippen LogP contribution in [0.15, 0.2) is 30.3 Å². The third-order valence-electron chi connectivity index (χ3n) is 3.61. The Hall–Kier alpha value is -0.490. The molecular formula is C13H13IN2S. The van der Waals surface area contributed by atoms with Gasteiger partial charge in [0.1, 0.15) is 0 Å². The van der Waals surface area contributed by atoms with Gasteiger partial charge >= 0.3 is 0 Å². The standard InChI is InChI=1S/C13H13IN2S/c14-12-15-11(16-17-12)13(8-4-5-9-13)10-6-2-1-3-7-10/h1-3,6-7H,4-5,8-9H2. The molecule has 0 amide bonds. The zero-order valence-electron chi connectivity index (χ0n) is 9.40. The molecule has 0 aliphatic heterocycles. The van der Waals surface area contributed by atoms with Gasteiger partial charge in [0.25, 0.3) is 0 Å². The van der Waals surface area contributed by atoms with Crippen LogP contribution in [-0.2, 0) is 5.41 Å². The third kappa shape index (κ3) is 2.01. The zero-order valence-corrected chi connectivity index (χ0v) is 12.4. The van der Waals surface area contributed by atoms with Gasteiger partial charge in [-0.05, 0) is 52.5 Å². The van der Waals surface area contributed by atoms with Gasteiger partial charge in [-0.3, -0.25) is 0 Å². The van der Waals surface area contributed by atoms with Gasteiger partial charge in [-0.1, -0.05) is 43.2 Å². The van der Waals surface area contributed by atoms with Gasteiger partial charge in [0.15, 0.2) is 8.84 Å². The Morgan fingerprint density at radius 3 is 2.41 bits per heavy atom. The van der Waals surface area contributed by atoms with Crippen molar-refractivity contribution in [3.63, 3.8) is 0 Å². The van der Waals surface area contributed by atoms with Crippen molar-refractivity contribution in [3.05, 3.63) is 44.7 Å². The van der Waals surface area contributed by atoms with Crippen LogP contribution < -0.4 is 0 Å². The number of nitrogens with zero attached hydrogens (tertiary/aromatic N) is 2. The molecule has 0 atom stereocenters. The highest BCUT2D eigenvalue weighted by molar-refractivity contribution is 14.1. The smallest absolute Gasteiger partial charge is 0.174 e. The van der Waals surface area contributed by atoms with Gasteiger partial charge in [-0.2, -0.15) is 4.37 Å². The van der Waals surface area contributed by atoms with E-state index in [1.807, 2.05) is 0 Å². The molecule has 1 aliphatic carbocycles. The second-order valence-electron chi connectivity index (χ2n) is 4.53. The van der Waals surface area contributed by atoms with Crippen molar-refractivity contribution in [1.82, 2.24) is 9.36 Å². The molecule has 1 saturated carbocycles. The Labute approximate surface area is 119 Å². The normalized spacial score (nSPS) is 18.4. The Morgan fingerprint density at radius 1 is 1.12 bits per heavy atom. The zero-order chi connectivity index (χ0) is 11.7. The van der Waals surface area contributed by atoms with E-state index in [1.54, 1.807) is 0 Å². The summed E-state index contributed by atoms with van der Waals surface area (Å²) in [6, 6.07) is 10.8. The number of halogens is 1. The number of rotatable bonds is 2. The third-order valence-corrected chi connectivity index (χ3v) is 4.95. The fourth-order valence-electron chi connectivity index (χ4n) is 2.78. The van der Waals surface area contributed by atoms with E-state index >= 15 is 0 Å². The molecule has 17 heavy (non-hydrogen) atoms. The first-order chi connectivity index (χ1) is 8.31. The summed E-state index contributed by atoms with van der Waals surface area (Å²) in [4.78, 5) is 4.64. The lowest BCUT2D eigenvalue weighted by Gasteiger charge is -2.26. The highest BCUT2D eigenvalue weighted by Crippen LogP contribution is 2.45. The van der Waals surface area contributed by atoms with Gasteiger partial charge in [-0.25, -0.2) is 4.98 Å².